The maximum Gasteiger partial charge on any atom is 0.407 e. The number of carbonyl (C=O) groups excluding carboxylic acids is 3. The molecule has 0 spiro atoms. The molecule has 4 N–H and O–H groups in total. The van der Waals surface area contributed by atoms with Crippen molar-refractivity contribution in [3.63, 3.8) is 0 Å². The van der Waals surface area contributed by atoms with Gasteiger partial charge in [0.25, 0.3) is 0 Å². The summed E-state index contributed by atoms with van der Waals surface area (Å²) in [4.78, 5) is 55.8. The highest BCUT2D eigenvalue weighted by molar-refractivity contribution is 5.88. The fourth-order valence-corrected chi connectivity index (χ4v) is 7.01. The number of alkyl carbamates (subject to hydrolysis) is 2. The van der Waals surface area contributed by atoms with Crippen LogP contribution in [-0.4, -0.2) is 102 Å². The van der Waals surface area contributed by atoms with Crippen LogP contribution in [0, 0.1) is 0 Å². The van der Waals surface area contributed by atoms with Gasteiger partial charge in [0.15, 0.2) is 11.5 Å². The van der Waals surface area contributed by atoms with Gasteiger partial charge in [0.05, 0.1) is 64.2 Å². The first kappa shape index (κ1) is 48.5. The van der Waals surface area contributed by atoms with Crippen LogP contribution in [0.5, 0.6) is 17.2 Å². The van der Waals surface area contributed by atoms with Crippen LogP contribution in [0.4, 0.5) is 9.59 Å². The lowest BCUT2D eigenvalue weighted by Crippen LogP contribution is -2.40. The molecule has 2 aromatic heterocycles. The second-order valence-corrected chi connectivity index (χ2v) is 14.9. The summed E-state index contributed by atoms with van der Waals surface area (Å²) in [6.45, 7) is 21.6. The molecule has 1 unspecified atom stereocenters. The summed E-state index contributed by atoms with van der Waals surface area (Å²) in [5, 5.41) is 5.14. The molecule has 16 heteroatoms. The number of imidazole rings is 2. The van der Waals surface area contributed by atoms with Gasteiger partial charge in [0, 0.05) is 47.0 Å². The highest BCUT2D eigenvalue weighted by atomic mass is 16.7. The number of benzene rings is 2. The number of carbonyl (C=O) groups is 3. The number of aromatic nitrogens is 4. The number of nitrogens with one attached hydrogen (secondary N) is 4. The van der Waals surface area contributed by atoms with Gasteiger partial charge < -0.3 is 54.1 Å². The van der Waals surface area contributed by atoms with E-state index in [0.29, 0.717) is 37.0 Å². The molecular weight excluding hydrogens is 793 g/mol. The van der Waals surface area contributed by atoms with Crippen molar-refractivity contribution in [2.45, 2.75) is 99.6 Å². The Morgan fingerprint density at radius 2 is 1.19 bits per heavy atom. The van der Waals surface area contributed by atoms with E-state index in [-0.39, 0.29) is 38.3 Å². The molecule has 0 fully saturated rings. The van der Waals surface area contributed by atoms with Gasteiger partial charge >= 0.3 is 12.2 Å². The van der Waals surface area contributed by atoms with Crippen LogP contribution in [0.15, 0.2) is 48.9 Å². The van der Waals surface area contributed by atoms with Crippen molar-refractivity contribution < 1.29 is 38.1 Å². The van der Waals surface area contributed by atoms with E-state index in [0.717, 1.165) is 82.3 Å². The normalized spacial score (nSPS) is 13.0. The number of rotatable bonds is 17. The first-order valence-corrected chi connectivity index (χ1v) is 21.7. The minimum Gasteiger partial charge on any atom is -0.492 e. The van der Waals surface area contributed by atoms with Crippen LogP contribution < -0.4 is 24.8 Å². The smallest absolute Gasteiger partial charge is 0.407 e. The van der Waals surface area contributed by atoms with Crippen molar-refractivity contribution in [3.05, 3.63) is 66.1 Å². The second kappa shape index (κ2) is 24.3. The molecule has 0 aliphatic carbocycles. The Balaban J connectivity index is 0.00000133. The van der Waals surface area contributed by atoms with Crippen LogP contribution in [0.2, 0.25) is 0 Å². The van der Waals surface area contributed by atoms with Gasteiger partial charge in [-0.05, 0) is 43.0 Å². The van der Waals surface area contributed by atoms with Crippen molar-refractivity contribution in [2.24, 2.45) is 0 Å². The lowest BCUT2D eigenvalue weighted by atomic mass is 9.87. The molecule has 6 rings (SSSR count). The molecule has 338 valence electrons. The van der Waals surface area contributed by atoms with Gasteiger partial charge in [0.1, 0.15) is 23.9 Å². The summed E-state index contributed by atoms with van der Waals surface area (Å²) in [6.07, 6.45) is 7.39. The molecular formula is C46H66N8O8. The van der Waals surface area contributed by atoms with Crippen molar-refractivity contribution >= 4 is 18.1 Å². The standard InChI is InChI=1S/C40H50N8O8.2C3H8/c1-7-14-47(24(4)16-43-39(50)52-5)20-32-41-17-30(45-32)28-12-10-26(35-25(9-3)22-54-36(28)35)27-11-13-29(38-37(27)55-23-56-38)31-18-42-33(46-31)21-48(15-8-2)34(49)19-44-40(51)53-6;2*1-3-2/h10-13,17-18,25H,4,7-9,14-16,19-23H2,1-3,5-6H3,(H,41,45)(H,42,46)(H,43,50)(H,44,51);2*3H2,1-2H3. The van der Waals surface area contributed by atoms with Gasteiger partial charge in [-0.25, -0.2) is 19.6 Å². The predicted octanol–water partition coefficient (Wildman–Crippen LogP) is 8.76. The fraction of sp³-hybridized carbons (Fsp3) is 0.500. The van der Waals surface area contributed by atoms with E-state index in [9.17, 15) is 14.4 Å². The summed E-state index contributed by atoms with van der Waals surface area (Å²) in [7, 11) is 2.58. The first-order chi connectivity index (χ1) is 30.0. The van der Waals surface area contributed by atoms with Crippen molar-refractivity contribution in [3.8, 4) is 50.9 Å². The van der Waals surface area contributed by atoms with Crippen molar-refractivity contribution in [1.82, 2.24) is 40.4 Å². The lowest BCUT2D eigenvalue weighted by molar-refractivity contribution is -0.130. The molecule has 4 aromatic rings. The number of H-pyrrole nitrogens is 2. The minimum atomic E-state index is -0.665. The zero-order chi connectivity index (χ0) is 45.2. The third kappa shape index (κ3) is 12.2. The van der Waals surface area contributed by atoms with Gasteiger partial charge in [-0.1, -0.05) is 74.0 Å². The Morgan fingerprint density at radius 1 is 0.710 bits per heavy atom. The van der Waals surface area contributed by atoms with Gasteiger partial charge in [-0.15, -0.1) is 0 Å². The summed E-state index contributed by atoms with van der Waals surface area (Å²) >= 11 is 0. The Kier molecular flexibility index (Phi) is 19.0. The van der Waals surface area contributed by atoms with Crippen LogP contribution >= 0.6 is 0 Å². The summed E-state index contributed by atoms with van der Waals surface area (Å²) in [5.74, 6) is 3.32. The lowest BCUT2D eigenvalue weighted by Gasteiger charge is -2.25. The molecule has 1 atom stereocenters. The van der Waals surface area contributed by atoms with E-state index in [4.69, 9.17) is 23.9 Å². The van der Waals surface area contributed by atoms with E-state index in [2.05, 4.69) is 89.4 Å². The zero-order valence-corrected chi connectivity index (χ0v) is 38.0. The third-order valence-electron chi connectivity index (χ3n) is 9.83. The van der Waals surface area contributed by atoms with Crippen molar-refractivity contribution in [1.29, 1.82) is 0 Å². The predicted molar refractivity (Wildman–Crippen MR) is 240 cm³/mol. The second-order valence-electron chi connectivity index (χ2n) is 14.9. The molecule has 2 aromatic carbocycles. The number of hydrogen-bond acceptors (Lipinski definition) is 11. The number of fused-ring (bicyclic) bond motifs is 2. The van der Waals surface area contributed by atoms with E-state index in [1.54, 1.807) is 11.1 Å². The summed E-state index contributed by atoms with van der Waals surface area (Å²) in [5.41, 5.74) is 7.01. The molecule has 2 aliphatic rings. The quantitative estimate of drug-likeness (QED) is 0.0796. The molecule has 2 aliphatic heterocycles. The topological polar surface area (TPSA) is 185 Å². The molecule has 0 saturated heterocycles. The Morgan fingerprint density at radius 3 is 1.74 bits per heavy atom. The number of ether oxygens (including phenoxy) is 5. The van der Waals surface area contributed by atoms with Gasteiger partial charge in [-0.2, -0.15) is 0 Å². The fourth-order valence-electron chi connectivity index (χ4n) is 7.01. The Labute approximate surface area is 366 Å². The molecule has 62 heavy (non-hydrogen) atoms. The molecule has 16 nitrogen and oxygen atoms in total. The molecule has 4 heterocycles. The van der Waals surface area contributed by atoms with E-state index in [1.165, 1.54) is 27.1 Å². The number of amides is 3. The maximum absolute atomic E-state index is 12.9. The largest absolute Gasteiger partial charge is 0.492 e. The van der Waals surface area contributed by atoms with Crippen LogP contribution in [0.1, 0.15) is 104 Å². The zero-order valence-electron chi connectivity index (χ0n) is 38.0. The molecule has 0 radical (unpaired) electrons. The third-order valence-corrected chi connectivity index (χ3v) is 9.83. The molecule has 0 saturated carbocycles. The van der Waals surface area contributed by atoms with E-state index in [1.807, 2.05) is 31.3 Å². The van der Waals surface area contributed by atoms with Gasteiger partial charge in [0.2, 0.25) is 12.7 Å². The first-order valence-electron chi connectivity index (χ1n) is 21.7. The van der Waals surface area contributed by atoms with Gasteiger partial charge in [-0.3, -0.25) is 4.79 Å². The average Bonchev–Trinajstić information content (AvgIpc) is 4.12. The Hall–Kier alpha value is -6.19. The van der Waals surface area contributed by atoms with Crippen LogP contribution in [-0.2, 0) is 27.4 Å². The van der Waals surface area contributed by atoms with Crippen LogP contribution in [0.3, 0.4) is 0 Å². The summed E-state index contributed by atoms with van der Waals surface area (Å²) in [6, 6.07) is 8.18. The minimum absolute atomic E-state index is 0.0669. The average molecular weight is 859 g/mol. The number of aromatic amines is 2. The SMILES string of the molecule is C=C(CNC(=O)OC)N(CCC)Cc1ncc(-c2ccc(-c3ccc(-c4cnc(CN(CCC)C(=O)CNC(=O)OC)[nH]4)c4c3OCO4)c3c2OCC3CC)[nH]1.CCC.CCC. The van der Waals surface area contributed by atoms with Crippen LogP contribution in [0.25, 0.3) is 33.6 Å². The monoisotopic (exact) mass is 859 g/mol. The summed E-state index contributed by atoms with van der Waals surface area (Å²) < 4.78 is 27.9. The van der Waals surface area contributed by atoms with E-state index >= 15 is 0 Å². The number of methoxy groups -OCH3 is 2. The highest BCUT2D eigenvalue weighted by Gasteiger charge is 2.33. The highest BCUT2D eigenvalue weighted by Crippen LogP contribution is 2.53. The van der Waals surface area contributed by atoms with E-state index < -0.39 is 12.2 Å². The Bertz CT molecular complexity index is 2090. The van der Waals surface area contributed by atoms with Crippen molar-refractivity contribution in [2.75, 3.05) is 53.8 Å². The molecule has 3 amide bonds. The number of nitrogens with zero attached hydrogens (tertiary/aromatic N) is 4. The maximum atomic E-state index is 12.9. The number of hydrogen-bond donors (Lipinski definition) is 4. The molecule has 0 bridgehead atoms.